The molecule has 3 heterocycles. The van der Waals surface area contributed by atoms with Crippen molar-refractivity contribution < 1.29 is 41.7 Å². The van der Waals surface area contributed by atoms with Gasteiger partial charge in [-0.3, -0.25) is 4.98 Å². The van der Waals surface area contributed by atoms with E-state index in [1.807, 2.05) is 62.8 Å². The Morgan fingerprint density at radius 2 is 1.47 bits per heavy atom. The molecule has 169 valence electrons. The van der Waals surface area contributed by atoms with Gasteiger partial charge in [-0.1, -0.05) is 17.9 Å². The molecule has 34 heavy (non-hydrogen) atoms. The van der Waals surface area contributed by atoms with Crippen LogP contribution in [0.25, 0.3) is 44.2 Å². The summed E-state index contributed by atoms with van der Waals surface area (Å²) in [5, 5.41) is 14.2. The van der Waals surface area contributed by atoms with E-state index in [2.05, 4.69) is 19.9 Å². The molecule has 0 spiro atoms. The number of imidazole rings is 1. The molecule has 1 aliphatic rings. The predicted octanol–water partition coefficient (Wildman–Crippen LogP) is 1.26. The normalized spacial score (nSPS) is 13.0. The van der Waals surface area contributed by atoms with Crippen LogP contribution in [-0.2, 0) is 19.5 Å². The molecule has 6 nitrogen and oxygen atoms in total. The molecular formula is C26H18ClN4O2Ru. The Morgan fingerprint density at radius 1 is 0.824 bits per heavy atom. The number of benzene rings is 2. The van der Waals surface area contributed by atoms with Crippen LogP contribution < -0.4 is 27.2 Å². The van der Waals surface area contributed by atoms with Crippen LogP contribution >= 0.6 is 0 Å². The molecule has 3 aromatic heterocycles. The van der Waals surface area contributed by atoms with E-state index in [-0.39, 0.29) is 37.6 Å². The van der Waals surface area contributed by atoms with Gasteiger partial charge in [-0.2, -0.15) is 6.20 Å². The Labute approximate surface area is 217 Å². The van der Waals surface area contributed by atoms with Gasteiger partial charge >= 0.3 is 19.5 Å². The summed E-state index contributed by atoms with van der Waals surface area (Å²) in [4.78, 5) is 18.3. The molecule has 1 fully saturated rings. The molecule has 1 saturated carbocycles. The molecule has 6 rings (SSSR count). The zero-order valence-corrected chi connectivity index (χ0v) is 20.5. The zero-order valence-electron chi connectivity index (χ0n) is 18.0. The Balaban J connectivity index is 0.000000357. The fourth-order valence-electron chi connectivity index (χ4n) is 3.61. The maximum absolute atomic E-state index is 12.4. The first kappa shape index (κ1) is 25.9. The number of hydrogen-bond acceptors (Lipinski definition) is 5. The number of methoxy groups -OCH3 is 1. The molecule has 0 N–H and O–H groups in total. The first-order valence-corrected chi connectivity index (χ1v) is 10.1. The average molecular weight is 555 g/mol. The van der Waals surface area contributed by atoms with E-state index < -0.39 is 0 Å². The summed E-state index contributed by atoms with van der Waals surface area (Å²) >= 11 is 0. The maximum atomic E-state index is 12.4. The second-order valence-corrected chi connectivity index (χ2v) is 7.06. The van der Waals surface area contributed by atoms with Gasteiger partial charge in [0.1, 0.15) is 11.3 Å². The number of halogens is 1. The molecule has 1 aliphatic carbocycles. The van der Waals surface area contributed by atoms with E-state index in [1.54, 1.807) is 24.5 Å². The molecule has 2 aromatic carbocycles. The van der Waals surface area contributed by atoms with E-state index in [1.165, 1.54) is 13.2 Å². The van der Waals surface area contributed by atoms with E-state index >= 15 is 0 Å². The molecule has 8 heteroatoms. The molecular weight excluding hydrogens is 537 g/mol. The summed E-state index contributed by atoms with van der Waals surface area (Å²) in [6.07, 6.45) is 15.5. The zero-order chi connectivity index (χ0) is 21.9. The quantitative estimate of drug-likeness (QED) is 0.241. The van der Waals surface area contributed by atoms with E-state index in [4.69, 9.17) is 4.74 Å². The second-order valence-electron chi connectivity index (χ2n) is 7.06. The number of fused-ring (bicyclic) bond motifs is 6. The van der Waals surface area contributed by atoms with Gasteiger partial charge in [0.25, 0.3) is 0 Å². The molecule has 0 unspecified atom stereocenters. The maximum Gasteiger partial charge on any atom is 3.00 e. The minimum atomic E-state index is -0.176. The third kappa shape index (κ3) is 5.01. The van der Waals surface area contributed by atoms with Crippen molar-refractivity contribution in [3.63, 3.8) is 0 Å². The number of ether oxygens (including phenoxy) is 1. The largest absolute Gasteiger partial charge is 3.00 e. The SMILES string of the molecule is COc1ccc(-c2nc3c4cccnc4c4[n-]cccc4c3n2)c([O-])c1.[CH]1[CH][CH][CH][CH][CH]1.[Cl-].[Ru+3]. The molecule has 0 amide bonds. The molecule has 5 aromatic rings. The monoisotopic (exact) mass is 555 g/mol. The second kappa shape index (κ2) is 11.6. The molecule has 0 aliphatic heterocycles. The third-order valence-corrected chi connectivity index (χ3v) is 5.11. The van der Waals surface area contributed by atoms with Crippen LogP contribution in [0.5, 0.6) is 11.5 Å². The van der Waals surface area contributed by atoms with Crippen molar-refractivity contribution in [1.82, 2.24) is 19.9 Å². The third-order valence-electron chi connectivity index (χ3n) is 5.11. The Kier molecular flexibility index (Phi) is 8.81. The summed E-state index contributed by atoms with van der Waals surface area (Å²) in [7, 11) is 1.53. The van der Waals surface area contributed by atoms with Crippen molar-refractivity contribution in [1.29, 1.82) is 0 Å². The number of pyridine rings is 2. The smallest absolute Gasteiger partial charge is 1.00 e. The van der Waals surface area contributed by atoms with Crippen molar-refractivity contribution in [2.24, 2.45) is 0 Å². The molecule has 0 bridgehead atoms. The standard InChI is InChI=1S/C20H13N4O2.C6H6.ClH.Ru/c1-26-11-6-7-12(15(25)10-11)20-23-18-13-4-2-8-21-16(13)17-14(19(18)24-20)5-3-9-22-17;1-2-4-6-5-3-1;;/h2-10H,1H3,(H-,21,22,23,24,25);1-6H;1H;/q-1;;;+3/p-2. The Bertz CT molecular complexity index is 1320. The van der Waals surface area contributed by atoms with Gasteiger partial charge in [0.2, 0.25) is 0 Å². The minimum absolute atomic E-state index is 0. The Hall–Kier alpha value is -2.76. The minimum Gasteiger partial charge on any atom is -1.00 e. The molecule has 7 radical (unpaired) electrons. The van der Waals surface area contributed by atoms with Gasteiger partial charge in [-0.15, -0.1) is 5.52 Å². The Morgan fingerprint density at radius 3 is 2.12 bits per heavy atom. The van der Waals surface area contributed by atoms with Gasteiger partial charge in [-0.05, 0) is 74.2 Å². The van der Waals surface area contributed by atoms with E-state index in [9.17, 15) is 5.11 Å². The fraction of sp³-hybridized carbons (Fsp3) is 0.0385. The van der Waals surface area contributed by atoms with Crippen LogP contribution in [0.2, 0.25) is 0 Å². The van der Waals surface area contributed by atoms with Gasteiger partial charge in [0.05, 0.1) is 18.1 Å². The topological polar surface area (TPSA) is 85.1 Å². The predicted molar refractivity (Wildman–Crippen MR) is 123 cm³/mol. The molecule has 0 atom stereocenters. The van der Waals surface area contributed by atoms with Gasteiger partial charge in [0, 0.05) is 17.1 Å². The van der Waals surface area contributed by atoms with E-state index in [0.29, 0.717) is 17.1 Å². The fourth-order valence-corrected chi connectivity index (χ4v) is 3.61. The summed E-state index contributed by atoms with van der Waals surface area (Å²) in [6, 6.07) is 12.5. The van der Waals surface area contributed by atoms with Crippen molar-refractivity contribution in [3.05, 3.63) is 93.4 Å². The first-order chi connectivity index (χ1) is 15.8. The van der Waals surface area contributed by atoms with Crippen LogP contribution in [-0.4, -0.2) is 22.1 Å². The number of rotatable bonds is 2. The summed E-state index contributed by atoms with van der Waals surface area (Å²) in [6.45, 7) is 0. The summed E-state index contributed by atoms with van der Waals surface area (Å²) < 4.78 is 5.10. The number of aromatic nitrogens is 4. The molecule has 0 saturated heterocycles. The first-order valence-electron chi connectivity index (χ1n) is 10.1. The van der Waals surface area contributed by atoms with Crippen molar-refractivity contribution >= 4 is 32.8 Å². The van der Waals surface area contributed by atoms with Crippen molar-refractivity contribution in [2.75, 3.05) is 7.11 Å². The van der Waals surface area contributed by atoms with Crippen LogP contribution in [0.15, 0.2) is 54.9 Å². The van der Waals surface area contributed by atoms with Crippen LogP contribution in [0.3, 0.4) is 0 Å². The van der Waals surface area contributed by atoms with Crippen molar-refractivity contribution in [3.8, 4) is 22.9 Å². The summed E-state index contributed by atoms with van der Waals surface area (Å²) in [5.41, 5.74) is 3.44. The van der Waals surface area contributed by atoms with E-state index in [0.717, 1.165) is 32.8 Å². The van der Waals surface area contributed by atoms with Gasteiger partial charge < -0.3 is 27.2 Å². The van der Waals surface area contributed by atoms with Gasteiger partial charge in [0.15, 0.2) is 5.82 Å². The number of nitrogens with zero attached hydrogens (tertiary/aromatic N) is 4. The summed E-state index contributed by atoms with van der Waals surface area (Å²) in [5.74, 6) is 0.734. The average Bonchev–Trinajstić information content (AvgIpc) is 3.31. The van der Waals surface area contributed by atoms with Crippen LogP contribution in [0, 0.1) is 38.5 Å². The van der Waals surface area contributed by atoms with Crippen LogP contribution in [0.4, 0.5) is 0 Å². The van der Waals surface area contributed by atoms with Gasteiger partial charge in [-0.25, -0.2) is 9.97 Å². The number of hydrogen-bond donors (Lipinski definition) is 0. The van der Waals surface area contributed by atoms with Crippen LogP contribution in [0.1, 0.15) is 0 Å². The van der Waals surface area contributed by atoms with Crippen molar-refractivity contribution in [2.45, 2.75) is 0 Å².